The molecule has 3 heterocycles. The Balaban J connectivity index is 1.58. The van der Waals surface area contributed by atoms with Crippen molar-refractivity contribution in [3.8, 4) is 11.8 Å². The molecular formula is C19H23N5O. The molecule has 6 nitrogen and oxygen atoms in total. The zero-order valence-electron chi connectivity index (χ0n) is 14.3. The molecule has 2 fully saturated rings. The van der Waals surface area contributed by atoms with Gasteiger partial charge in [-0.3, -0.25) is 4.90 Å². The van der Waals surface area contributed by atoms with Gasteiger partial charge in [-0.2, -0.15) is 10.4 Å². The van der Waals surface area contributed by atoms with Crippen LogP contribution in [-0.4, -0.2) is 44.5 Å². The van der Waals surface area contributed by atoms with Crippen molar-refractivity contribution < 1.29 is 4.74 Å². The molecule has 1 spiro atoms. The van der Waals surface area contributed by atoms with E-state index < -0.39 is 0 Å². The average molecular weight is 337 g/mol. The van der Waals surface area contributed by atoms with Gasteiger partial charge < -0.3 is 4.74 Å². The molecular weight excluding hydrogens is 314 g/mol. The number of aromatic nitrogens is 3. The molecule has 0 bridgehead atoms. The van der Waals surface area contributed by atoms with Crippen molar-refractivity contribution in [2.24, 2.45) is 0 Å². The number of piperidine rings is 1. The zero-order valence-corrected chi connectivity index (χ0v) is 14.3. The summed E-state index contributed by atoms with van der Waals surface area (Å²) in [6, 6.07) is 12.3. The van der Waals surface area contributed by atoms with E-state index in [1.54, 1.807) is 6.33 Å². The first-order valence-corrected chi connectivity index (χ1v) is 9.04. The van der Waals surface area contributed by atoms with E-state index in [9.17, 15) is 5.26 Å². The van der Waals surface area contributed by atoms with Crippen LogP contribution in [0.25, 0.3) is 5.69 Å². The van der Waals surface area contributed by atoms with E-state index in [-0.39, 0.29) is 11.6 Å². The Hall–Kier alpha value is -2.23. The Morgan fingerprint density at radius 3 is 2.80 bits per heavy atom. The molecule has 1 aromatic carbocycles. The number of hydrogen-bond donors (Lipinski definition) is 0. The molecule has 2 saturated heterocycles. The molecule has 2 aromatic rings. The largest absolute Gasteiger partial charge is 0.372 e. The molecule has 1 aromatic heterocycles. The van der Waals surface area contributed by atoms with Gasteiger partial charge in [0.25, 0.3) is 0 Å². The number of para-hydroxylation sites is 1. The maximum Gasteiger partial charge on any atom is 0.146 e. The van der Waals surface area contributed by atoms with Crippen molar-refractivity contribution >= 4 is 0 Å². The lowest BCUT2D eigenvalue weighted by Gasteiger charge is -2.48. The van der Waals surface area contributed by atoms with E-state index in [1.165, 1.54) is 0 Å². The average Bonchev–Trinajstić information content (AvgIpc) is 3.11. The van der Waals surface area contributed by atoms with Crippen LogP contribution in [-0.2, 0) is 11.3 Å². The van der Waals surface area contributed by atoms with Gasteiger partial charge in [-0.1, -0.05) is 18.2 Å². The summed E-state index contributed by atoms with van der Waals surface area (Å²) in [5, 5.41) is 14.3. The minimum atomic E-state index is -0.303. The third kappa shape index (κ3) is 3.06. The summed E-state index contributed by atoms with van der Waals surface area (Å²) in [5.74, 6) is 0.860. The molecule has 2 aliphatic rings. The van der Waals surface area contributed by atoms with Gasteiger partial charge in [0.2, 0.25) is 0 Å². The highest BCUT2D eigenvalue weighted by Gasteiger charge is 2.47. The summed E-state index contributed by atoms with van der Waals surface area (Å²) in [5.41, 5.74) is 0.687. The highest BCUT2D eigenvalue weighted by molar-refractivity contribution is 5.30. The van der Waals surface area contributed by atoms with Gasteiger partial charge in [-0.25, -0.2) is 9.67 Å². The molecule has 6 heteroatoms. The minimum absolute atomic E-state index is 0.220. The molecule has 0 N–H and O–H groups in total. The topological polar surface area (TPSA) is 67.0 Å². The van der Waals surface area contributed by atoms with E-state index in [1.807, 2.05) is 35.0 Å². The van der Waals surface area contributed by atoms with Gasteiger partial charge in [0.15, 0.2) is 0 Å². The second-order valence-electron chi connectivity index (χ2n) is 6.90. The minimum Gasteiger partial charge on any atom is -0.372 e. The standard InChI is InChI=1S/C19H23N5O/c20-13-17-19(9-4-5-12-25-19)10-6-11-23(17)14-18-21-15-22-24(18)16-7-2-1-3-8-16/h1-3,7-8,15,17H,4-6,9-12,14H2/t17-,19+/m0/s1. The van der Waals surface area contributed by atoms with Crippen LogP contribution in [0.4, 0.5) is 0 Å². The smallest absolute Gasteiger partial charge is 0.146 e. The Morgan fingerprint density at radius 2 is 2.04 bits per heavy atom. The first-order valence-electron chi connectivity index (χ1n) is 9.04. The lowest BCUT2D eigenvalue weighted by molar-refractivity contribution is -0.138. The lowest BCUT2D eigenvalue weighted by Crippen LogP contribution is -2.58. The molecule has 4 rings (SSSR count). The van der Waals surface area contributed by atoms with E-state index in [2.05, 4.69) is 21.1 Å². The van der Waals surface area contributed by atoms with Crippen LogP contribution in [0.5, 0.6) is 0 Å². The van der Waals surface area contributed by atoms with Crippen LogP contribution in [0.3, 0.4) is 0 Å². The van der Waals surface area contributed by atoms with Crippen molar-refractivity contribution in [1.29, 1.82) is 5.26 Å². The zero-order chi connectivity index (χ0) is 17.1. The first kappa shape index (κ1) is 16.2. The van der Waals surface area contributed by atoms with Gasteiger partial charge in [0.1, 0.15) is 18.2 Å². The second kappa shape index (κ2) is 6.95. The molecule has 0 aliphatic carbocycles. The SMILES string of the molecule is N#C[C@@H]1N(Cc2ncnn2-c2ccccc2)CCC[C@]12CCCCO2. The van der Waals surface area contributed by atoms with Crippen LogP contribution in [0.15, 0.2) is 36.7 Å². The number of nitriles is 1. The maximum absolute atomic E-state index is 9.88. The van der Waals surface area contributed by atoms with Gasteiger partial charge in [-0.15, -0.1) is 0 Å². The third-order valence-electron chi connectivity index (χ3n) is 5.38. The van der Waals surface area contributed by atoms with Crippen LogP contribution in [0, 0.1) is 11.3 Å². The normalized spacial score (nSPS) is 27.2. The summed E-state index contributed by atoms with van der Waals surface area (Å²) in [7, 11) is 0. The lowest BCUT2D eigenvalue weighted by atomic mass is 9.79. The molecule has 0 unspecified atom stereocenters. The van der Waals surface area contributed by atoms with Gasteiger partial charge in [-0.05, 0) is 44.2 Å². The van der Waals surface area contributed by atoms with Gasteiger partial charge in [0, 0.05) is 13.2 Å². The number of hydrogen-bond acceptors (Lipinski definition) is 5. The predicted molar refractivity (Wildman–Crippen MR) is 92.9 cm³/mol. The number of ether oxygens (including phenoxy) is 1. The fourth-order valence-electron chi connectivity index (χ4n) is 4.18. The van der Waals surface area contributed by atoms with E-state index >= 15 is 0 Å². The van der Waals surface area contributed by atoms with E-state index in [0.29, 0.717) is 6.54 Å². The van der Waals surface area contributed by atoms with Crippen molar-refractivity contribution in [2.75, 3.05) is 13.2 Å². The number of likely N-dealkylation sites (tertiary alicyclic amines) is 1. The van der Waals surface area contributed by atoms with E-state index in [0.717, 1.165) is 56.8 Å². The van der Waals surface area contributed by atoms with Crippen molar-refractivity contribution in [3.05, 3.63) is 42.5 Å². The molecule has 0 saturated carbocycles. The molecule has 2 atom stereocenters. The van der Waals surface area contributed by atoms with Gasteiger partial charge >= 0.3 is 0 Å². The molecule has 25 heavy (non-hydrogen) atoms. The van der Waals surface area contributed by atoms with Gasteiger partial charge in [0.05, 0.1) is 23.9 Å². The van der Waals surface area contributed by atoms with Crippen molar-refractivity contribution in [3.63, 3.8) is 0 Å². The predicted octanol–water partition coefficient (Wildman–Crippen LogP) is 2.69. The van der Waals surface area contributed by atoms with Crippen molar-refractivity contribution in [2.45, 2.75) is 50.3 Å². The van der Waals surface area contributed by atoms with Crippen LogP contribution in [0.1, 0.15) is 37.9 Å². The summed E-state index contributed by atoms with van der Waals surface area (Å²) < 4.78 is 8.03. The first-order chi connectivity index (χ1) is 12.3. The summed E-state index contributed by atoms with van der Waals surface area (Å²) in [4.78, 5) is 6.67. The van der Waals surface area contributed by atoms with Crippen molar-refractivity contribution in [1.82, 2.24) is 19.7 Å². The fourth-order valence-corrected chi connectivity index (χ4v) is 4.18. The van der Waals surface area contributed by atoms with Crippen LogP contribution >= 0.6 is 0 Å². The Bertz CT molecular complexity index is 739. The Labute approximate surface area is 148 Å². The monoisotopic (exact) mass is 337 g/mol. The van der Waals surface area contributed by atoms with E-state index in [4.69, 9.17) is 4.74 Å². The number of nitrogens with zero attached hydrogens (tertiary/aromatic N) is 5. The molecule has 2 aliphatic heterocycles. The number of rotatable bonds is 3. The maximum atomic E-state index is 9.88. The molecule has 0 amide bonds. The summed E-state index contributed by atoms with van der Waals surface area (Å²) >= 11 is 0. The fraction of sp³-hybridized carbons (Fsp3) is 0.526. The third-order valence-corrected chi connectivity index (χ3v) is 5.38. The Morgan fingerprint density at radius 1 is 1.20 bits per heavy atom. The quantitative estimate of drug-likeness (QED) is 0.861. The molecule has 0 radical (unpaired) electrons. The highest BCUT2D eigenvalue weighted by Crippen LogP contribution is 2.38. The molecule has 130 valence electrons. The summed E-state index contributed by atoms with van der Waals surface area (Å²) in [6.07, 6.45) is 6.84. The second-order valence-corrected chi connectivity index (χ2v) is 6.90. The summed E-state index contributed by atoms with van der Waals surface area (Å²) in [6.45, 7) is 2.27. The highest BCUT2D eigenvalue weighted by atomic mass is 16.5. The van der Waals surface area contributed by atoms with Crippen LogP contribution < -0.4 is 0 Å². The number of benzene rings is 1. The van der Waals surface area contributed by atoms with Crippen LogP contribution in [0.2, 0.25) is 0 Å². The Kier molecular flexibility index (Phi) is 4.51.